The first kappa shape index (κ1) is 15.3. The summed E-state index contributed by atoms with van der Waals surface area (Å²) in [6, 6.07) is 10.2. The molecule has 22 heavy (non-hydrogen) atoms. The molecule has 0 amide bonds. The molecule has 0 N–H and O–H groups in total. The van der Waals surface area contributed by atoms with Gasteiger partial charge in [-0.05, 0) is 36.8 Å². The predicted molar refractivity (Wildman–Crippen MR) is 95.3 cm³/mol. The molecule has 0 radical (unpaired) electrons. The number of rotatable bonds is 4. The summed E-state index contributed by atoms with van der Waals surface area (Å²) >= 11 is 3.15. The van der Waals surface area contributed by atoms with Crippen LogP contribution in [0, 0.1) is 6.92 Å². The molecule has 0 aliphatic heterocycles. The number of thiophene rings is 1. The summed E-state index contributed by atoms with van der Waals surface area (Å²) in [5, 5.41) is 1.53. The standard InChI is InChI=1S/C17H18N2OS2/c1-4-13-9-14-15(22-13)18-17(21-3)19(16(14)20)10-12-8-6-5-7-11(12)2/h5-9H,4,10H2,1-3H3. The molecule has 2 aromatic heterocycles. The second kappa shape index (κ2) is 6.26. The van der Waals surface area contributed by atoms with Crippen LogP contribution in [0.5, 0.6) is 0 Å². The molecule has 0 spiro atoms. The number of aromatic nitrogens is 2. The van der Waals surface area contributed by atoms with E-state index in [-0.39, 0.29) is 5.56 Å². The molecule has 114 valence electrons. The van der Waals surface area contributed by atoms with Crippen molar-refractivity contribution in [3.05, 3.63) is 56.7 Å². The van der Waals surface area contributed by atoms with E-state index in [4.69, 9.17) is 4.98 Å². The molecule has 0 aliphatic carbocycles. The van der Waals surface area contributed by atoms with E-state index in [0.717, 1.165) is 27.4 Å². The Morgan fingerprint density at radius 1 is 1.32 bits per heavy atom. The number of fused-ring (bicyclic) bond motifs is 1. The molecule has 0 saturated carbocycles. The summed E-state index contributed by atoms with van der Waals surface area (Å²) in [6.45, 7) is 4.75. The highest BCUT2D eigenvalue weighted by molar-refractivity contribution is 7.98. The third-order valence-electron chi connectivity index (χ3n) is 3.79. The number of benzene rings is 1. The highest BCUT2D eigenvalue weighted by Crippen LogP contribution is 2.24. The first-order valence-corrected chi connectivity index (χ1v) is 9.30. The summed E-state index contributed by atoms with van der Waals surface area (Å²) in [7, 11) is 0. The molecule has 1 aromatic carbocycles. The average Bonchev–Trinajstić information content (AvgIpc) is 2.95. The Kier molecular flexibility index (Phi) is 4.36. The molecule has 3 nitrogen and oxygen atoms in total. The largest absolute Gasteiger partial charge is 0.283 e. The van der Waals surface area contributed by atoms with E-state index in [1.54, 1.807) is 15.9 Å². The van der Waals surface area contributed by atoms with Crippen LogP contribution in [0.25, 0.3) is 10.2 Å². The fraction of sp³-hybridized carbons (Fsp3) is 0.294. The first-order valence-electron chi connectivity index (χ1n) is 7.25. The van der Waals surface area contributed by atoms with E-state index < -0.39 is 0 Å². The van der Waals surface area contributed by atoms with Gasteiger partial charge in [0.2, 0.25) is 0 Å². The molecule has 5 heteroatoms. The van der Waals surface area contributed by atoms with Crippen LogP contribution < -0.4 is 5.56 Å². The van der Waals surface area contributed by atoms with Gasteiger partial charge in [-0.1, -0.05) is 43.0 Å². The Labute approximate surface area is 138 Å². The fourth-order valence-corrected chi connectivity index (χ4v) is 4.04. The van der Waals surface area contributed by atoms with Gasteiger partial charge in [0.05, 0.1) is 11.9 Å². The molecule has 0 unspecified atom stereocenters. The lowest BCUT2D eigenvalue weighted by molar-refractivity contribution is 0.658. The van der Waals surface area contributed by atoms with Crippen molar-refractivity contribution in [2.24, 2.45) is 0 Å². The molecular formula is C17H18N2OS2. The minimum atomic E-state index is 0.0635. The van der Waals surface area contributed by atoms with Crippen LogP contribution in [0.3, 0.4) is 0 Å². The second-order valence-corrected chi connectivity index (χ2v) is 7.09. The summed E-state index contributed by atoms with van der Waals surface area (Å²) in [5.74, 6) is 0. The minimum absolute atomic E-state index is 0.0635. The zero-order valence-electron chi connectivity index (χ0n) is 12.9. The van der Waals surface area contributed by atoms with Crippen molar-refractivity contribution in [2.75, 3.05) is 6.26 Å². The van der Waals surface area contributed by atoms with Gasteiger partial charge in [0.15, 0.2) is 5.16 Å². The Morgan fingerprint density at radius 3 is 2.77 bits per heavy atom. The van der Waals surface area contributed by atoms with Crippen molar-refractivity contribution in [1.29, 1.82) is 0 Å². The Bertz CT molecular complexity index is 880. The van der Waals surface area contributed by atoms with E-state index in [0.29, 0.717) is 6.54 Å². The van der Waals surface area contributed by atoms with Gasteiger partial charge in [-0.15, -0.1) is 11.3 Å². The van der Waals surface area contributed by atoms with E-state index >= 15 is 0 Å². The van der Waals surface area contributed by atoms with Crippen molar-refractivity contribution >= 4 is 33.3 Å². The molecule has 0 atom stereocenters. The molecular weight excluding hydrogens is 312 g/mol. The molecule has 3 aromatic rings. The lowest BCUT2D eigenvalue weighted by atomic mass is 10.1. The molecule has 2 heterocycles. The van der Waals surface area contributed by atoms with Crippen molar-refractivity contribution in [3.8, 4) is 0 Å². The van der Waals surface area contributed by atoms with Gasteiger partial charge in [0.1, 0.15) is 4.83 Å². The van der Waals surface area contributed by atoms with E-state index in [1.165, 1.54) is 22.2 Å². The Balaban J connectivity index is 2.17. The van der Waals surface area contributed by atoms with E-state index in [9.17, 15) is 4.79 Å². The number of thioether (sulfide) groups is 1. The maximum atomic E-state index is 12.9. The fourth-order valence-electron chi connectivity index (χ4n) is 2.47. The minimum Gasteiger partial charge on any atom is -0.283 e. The maximum Gasteiger partial charge on any atom is 0.263 e. The number of hydrogen-bond acceptors (Lipinski definition) is 4. The second-order valence-electron chi connectivity index (χ2n) is 5.20. The topological polar surface area (TPSA) is 34.9 Å². The van der Waals surface area contributed by atoms with Crippen molar-refractivity contribution in [3.63, 3.8) is 0 Å². The Morgan fingerprint density at radius 2 is 2.09 bits per heavy atom. The van der Waals surface area contributed by atoms with E-state index in [2.05, 4.69) is 26.0 Å². The van der Waals surface area contributed by atoms with Gasteiger partial charge < -0.3 is 0 Å². The van der Waals surface area contributed by atoms with Gasteiger partial charge in [-0.3, -0.25) is 9.36 Å². The Hall–Kier alpha value is -1.59. The zero-order chi connectivity index (χ0) is 15.7. The van der Waals surface area contributed by atoms with Gasteiger partial charge in [0.25, 0.3) is 5.56 Å². The van der Waals surface area contributed by atoms with Crippen LogP contribution in [-0.2, 0) is 13.0 Å². The van der Waals surface area contributed by atoms with Crippen LogP contribution in [0.4, 0.5) is 0 Å². The van der Waals surface area contributed by atoms with Gasteiger partial charge in [-0.2, -0.15) is 0 Å². The summed E-state index contributed by atoms with van der Waals surface area (Å²) in [4.78, 5) is 19.6. The SMILES string of the molecule is CCc1cc2c(=O)n(Cc3ccccc3C)c(SC)nc2s1. The lowest BCUT2D eigenvalue weighted by Gasteiger charge is -2.12. The van der Waals surface area contributed by atoms with Crippen molar-refractivity contribution in [2.45, 2.75) is 32.0 Å². The number of aryl methyl sites for hydroxylation is 2. The van der Waals surface area contributed by atoms with Crippen LogP contribution in [0.15, 0.2) is 40.3 Å². The summed E-state index contributed by atoms with van der Waals surface area (Å²) in [6.07, 6.45) is 2.91. The maximum absolute atomic E-state index is 12.9. The quantitative estimate of drug-likeness (QED) is 0.533. The van der Waals surface area contributed by atoms with Gasteiger partial charge in [-0.25, -0.2) is 4.98 Å². The highest BCUT2D eigenvalue weighted by atomic mass is 32.2. The smallest absolute Gasteiger partial charge is 0.263 e. The highest BCUT2D eigenvalue weighted by Gasteiger charge is 2.14. The molecule has 0 bridgehead atoms. The molecule has 0 saturated heterocycles. The third-order valence-corrected chi connectivity index (χ3v) is 5.64. The predicted octanol–water partition coefficient (Wildman–Crippen LogP) is 4.10. The normalized spacial score (nSPS) is 11.2. The number of nitrogens with zero attached hydrogens (tertiary/aromatic N) is 2. The van der Waals surface area contributed by atoms with Gasteiger partial charge in [0, 0.05) is 4.88 Å². The summed E-state index contributed by atoms with van der Waals surface area (Å²) < 4.78 is 1.79. The lowest BCUT2D eigenvalue weighted by Crippen LogP contribution is -2.23. The first-order chi connectivity index (χ1) is 10.6. The van der Waals surface area contributed by atoms with Crippen LogP contribution in [0.1, 0.15) is 22.9 Å². The average molecular weight is 330 g/mol. The van der Waals surface area contributed by atoms with Crippen LogP contribution >= 0.6 is 23.1 Å². The van der Waals surface area contributed by atoms with Crippen LogP contribution in [0.2, 0.25) is 0 Å². The zero-order valence-corrected chi connectivity index (χ0v) is 14.6. The van der Waals surface area contributed by atoms with E-state index in [1.807, 2.05) is 24.5 Å². The molecule has 0 aliphatic rings. The third kappa shape index (κ3) is 2.71. The summed E-state index contributed by atoms with van der Waals surface area (Å²) in [5.41, 5.74) is 2.42. The molecule has 0 fully saturated rings. The van der Waals surface area contributed by atoms with Crippen LogP contribution in [-0.4, -0.2) is 15.8 Å². The number of hydrogen-bond donors (Lipinski definition) is 0. The van der Waals surface area contributed by atoms with Gasteiger partial charge >= 0.3 is 0 Å². The van der Waals surface area contributed by atoms with Crippen molar-refractivity contribution < 1.29 is 0 Å². The van der Waals surface area contributed by atoms with Crippen molar-refractivity contribution in [1.82, 2.24) is 9.55 Å². The monoisotopic (exact) mass is 330 g/mol. The molecule has 3 rings (SSSR count).